The monoisotopic (exact) mass is 276 g/mol. The smallest absolute Gasteiger partial charge is 0.273 e. The van der Waals surface area contributed by atoms with E-state index >= 15 is 0 Å². The van der Waals surface area contributed by atoms with Gasteiger partial charge in [-0.05, 0) is 12.8 Å². The molecule has 0 aromatic carbocycles. The number of nitrogens with zero attached hydrogens (tertiary/aromatic N) is 2. The number of hydrogen-bond acceptors (Lipinski definition) is 5. The molecule has 2 amide bonds. The van der Waals surface area contributed by atoms with E-state index in [4.69, 9.17) is 0 Å². The van der Waals surface area contributed by atoms with Crippen molar-refractivity contribution in [2.24, 2.45) is 0 Å². The first-order chi connectivity index (χ1) is 8.00. The van der Waals surface area contributed by atoms with Crippen LogP contribution in [-0.4, -0.2) is 58.9 Å². The molecule has 0 atom stereocenters. The van der Waals surface area contributed by atoms with E-state index in [1.54, 1.807) is 0 Å². The Labute approximate surface area is 103 Å². The number of amides is 2. The van der Waals surface area contributed by atoms with Gasteiger partial charge in [0, 0.05) is 13.1 Å². The quantitative estimate of drug-likeness (QED) is 0.717. The molecule has 2 saturated heterocycles. The van der Waals surface area contributed by atoms with Crippen LogP contribution in [0.3, 0.4) is 0 Å². The summed E-state index contributed by atoms with van der Waals surface area (Å²) in [4.78, 5) is 24.1. The molecule has 17 heavy (non-hydrogen) atoms. The van der Waals surface area contributed by atoms with E-state index in [-0.39, 0.29) is 41.3 Å². The van der Waals surface area contributed by atoms with Crippen molar-refractivity contribution in [1.82, 2.24) is 9.21 Å². The maximum Gasteiger partial charge on any atom is 0.289 e. The highest BCUT2D eigenvalue weighted by Gasteiger charge is 2.49. The van der Waals surface area contributed by atoms with Gasteiger partial charge in [0.25, 0.3) is 5.24 Å². The zero-order valence-electron chi connectivity index (χ0n) is 9.03. The lowest BCUT2D eigenvalue weighted by molar-refractivity contribution is -0.127. The Bertz CT molecular complexity index is 463. The van der Waals surface area contributed by atoms with Crippen molar-refractivity contribution in [3.05, 3.63) is 0 Å². The standard InChI is InChI=1S/C9H12N2O4S2/c12-8-5-16-9(13)11(8)6-3-10(4-6)17(14,15)7-1-2-7/h6-7H,1-5H2. The predicted molar refractivity (Wildman–Crippen MR) is 62.0 cm³/mol. The molecule has 2 aliphatic heterocycles. The Balaban J connectivity index is 1.65. The van der Waals surface area contributed by atoms with Crippen LogP contribution in [0.4, 0.5) is 4.79 Å². The van der Waals surface area contributed by atoms with Gasteiger partial charge in [-0.1, -0.05) is 11.8 Å². The molecular formula is C9H12N2O4S2. The maximum atomic E-state index is 11.8. The van der Waals surface area contributed by atoms with E-state index in [2.05, 4.69) is 0 Å². The average Bonchev–Trinajstić information content (AvgIpc) is 2.97. The van der Waals surface area contributed by atoms with Gasteiger partial charge in [0.05, 0.1) is 17.0 Å². The molecule has 6 nitrogen and oxygen atoms in total. The molecule has 1 aliphatic carbocycles. The molecule has 0 N–H and O–H groups in total. The summed E-state index contributed by atoms with van der Waals surface area (Å²) in [5, 5.41) is -0.466. The highest BCUT2D eigenvalue weighted by Crippen LogP contribution is 2.35. The first kappa shape index (κ1) is 11.5. The number of thioether (sulfide) groups is 1. The number of imide groups is 1. The second-order valence-electron chi connectivity index (χ2n) is 4.53. The van der Waals surface area contributed by atoms with Gasteiger partial charge in [0.2, 0.25) is 15.9 Å². The minimum atomic E-state index is -3.15. The molecule has 0 bridgehead atoms. The summed E-state index contributed by atoms with van der Waals surface area (Å²) < 4.78 is 25.0. The third-order valence-electron chi connectivity index (χ3n) is 3.28. The summed E-state index contributed by atoms with van der Waals surface area (Å²) in [5.74, 6) is -0.0153. The fraction of sp³-hybridized carbons (Fsp3) is 0.778. The molecule has 1 saturated carbocycles. The molecule has 2 heterocycles. The van der Waals surface area contributed by atoms with E-state index in [9.17, 15) is 18.0 Å². The van der Waals surface area contributed by atoms with E-state index < -0.39 is 10.0 Å². The highest BCUT2D eigenvalue weighted by atomic mass is 32.2. The van der Waals surface area contributed by atoms with Crippen LogP contribution in [0, 0.1) is 0 Å². The van der Waals surface area contributed by atoms with Gasteiger partial charge in [-0.25, -0.2) is 8.42 Å². The summed E-state index contributed by atoms with van der Waals surface area (Å²) in [5.41, 5.74) is 0. The SMILES string of the molecule is O=C1CSC(=O)N1C1CN(S(=O)(=O)C2CC2)C1. The Morgan fingerprint density at radius 2 is 1.82 bits per heavy atom. The molecule has 0 aromatic heterocycles. The lowest BCUT2D eigenvalue weighted by Crippen LogP contribution is -2.62. The van der Waals surface area contributed by atoms with Gasteiger partial charge in [-0.2, -0.15) is 4.31 Å². The third kappa shape index (κ3) is 1.78. The fourth-order valence-corrected chi connectivity index (χ4v) is 4.77. The minimum absolute atomic E-state index is 0.185. The van der Waals surface area contributed by atoms with Crippen molar-refractivity contribution in [2.75, 3.05) is 18.8 Å². The van der Waals surface area contributed by atoms with Gasteiger partial charge in [-0.3, -0.25) is 14.5 Å². The minimum Gasteiger partial charge on any atom is -0.273 e. The zero-order valence-corrected chi connectivity index (χ0v) is 10.7. The van der Waals surface area contributed by atoms with Crippen molar-refractivity contribution in [3.63, 3.8) is 0 Å². The van der Waals surface area contributed by atoms with Crippen LogP contribution in [0.1, 0.15) is 12.8 Å². The van der Waals surface area contributed by atoms with Crippen LogP contribution >= 0.6 is 11.8 Å². The van der Waals surface area contributed by atoms with Gasteiger partial charge < -0.3 is 0 Å². The van der Waals surface area contributed by atoms with Crippen molar-refractivity contribution in [2.45, 2.75) is 24.1 Å². The van der Waals surface area contributed by atoms with Crippen LogP contribution < -0.4 is 0 Å². The van der Waals surface area contributed by atoms with Crippen LogP contribution in [0.5, 0.6) is 0 Å². The second kappa shape index (κ2) is 3.69. The lowest BCUT2D eigenvalue weighted by Gasteiger charge is -2.41. The van der Waals surface area contributed by atoms with Gasteiger partial charge in [0.1, 0.15) is 0 Å². The zero-order chi connectivity index (χ0) is 12.2. The molecule has 0 aromatic rings. The molecule has 3 aliphatic rings. The Morgan fingerprint density at radius 3 is 2.29 bits per heavy atom. The predicted octanol–water partition coefficient (Wildman–Crippen LogP) is -0.142. The molecule has 3 fully saturated rings. The average molecular weight is 276 g/mol. The number of carbonyl (C=O) groups is 2. The molecule has 94 valence electrons. The van der Waals surface area contributed by atoms with E-state index in [0.717, 1.165) is 24.6 Å². The Hall–Kier alpha value is -0.600. The topological polar surface area (TPSA) is 74.8 Å². The summed E-state index contributed by atoms with van der Waals surface area (Å²) in [7, 11) is -3.15. The van der Waals surface area contributed by atoms with Crippen LogP contribution in [0.25, 0.3) is 0 Å². The van der Waals surface area contributed by atoms with Gasteiger partial charge in [0.15, 0.2) is 0 Å². The maximum absolute atomic E-state index is 11.8. The third-order valence-corrected chi connectivity index (χ3v) is 6.45. The van der Waals surface area contributed by atoms with Gasteiger partial charge in [-0.15, -0.1) is 0 Å². The van der Waals surface area contributed by atoms with E-state index in [1.165, 1.54) is 9.21 Å². The molecular weight excluding hydrogens is 264 g/mol. The van der Waals surface area contributed by atoms with Crippen molar-refractivity contribution in [1.29, 1.82) is 0 Å². The van der Waals surface area contributed by atoms with Gasteiger partial charge >= 0.3 is 0 Å². The summed E-state index contributed by atoms with van der Waals surface area (Å²) in [6, 6.07) is -0.251. The van der Waals surface area contributed by atoms with Crippen LogP contribution in [-0.2, 0) is 14.8 Å². The van der Waals surface area contributed by atoms with E-state index in [1.807, 2.05) is 0 Å². The molecule has 0 unspecified atom stereocenters. The fourth-order valence-electron chi connectivity index (χ4n) is 2.08. The Kier molecular flexibility index (Phi) is 2.50. The summed E-state index contributed by atoms with van der Waals surface area (Å²) >= 11 is 0.988. The normalized spacial score (nSPS) is 27.6. The molecule has 3 rings (SSSR count). The summed E-state index contributed by atoms with van der Waals surface area (Å²) in [6.45, 7) is 0.549. The second-order valence-corrected chi connectivity index (χ2v) is 7.67. The van der Waals surface area contributed by atoms with Crippen LogP contribution in [0.2, 0.25) is 0 Å². The molecule has 0 spiro atoms. The van der Waals surface area contributed by atoms with Crippen molar-refractivity contribution >= 4 is 32.9 Å². The first-order valence-corrected chi connectivity index (χ1v) is 7.97. The largest absolute Gasteiger partial charge is 0.289 e. The van der Waals surface area contributed by atoms with Crippen molar-refractivity contribution in [3.8, 4) is 0 Å². The first-order valence-electron chi connectivity index (χ1n) is 5.48. The number of hydrogen-bond donors (Lipinski definition) is 0. The number of rotatable bonds is 3. The number of carbonyl (C=O) groups excluding carboxylic acids is 2. The van der Waals surface area contributed by atoms with Crippen LogP contribution in [0.15, 0.2) is 0 Å². The highest BCUT2D eigenvalue weighted by molar-refractivity contribution is 8.14. The lowest BCUT2D eigenvalue weighted by atomic mass is 10.1. The molecule has 8 heteroatoms. The van der Waals surface area contributed by atoms with Crippen molar-refractivity contribution < 1.29 is 18.0 Å². The molecule has 0 radical (unpaired) electrons. The van der Waals surface area contributed by atoms with E-state index in [0.29, 0.717) is 0 Å². The Morgan fingerprint density at radius 1 is 1.18 bits per heavy atom. The number of sulfonamides is 1. The summed E-state index contributed by atoms with van der Waals surface area (Å²) in [6.07, 6.45) is 1.47.